The number of phosphoric ester groups is 1. The normalized spacial score (nSPS) is 15.9. The first-order valence-corrected chi connectivity index (χ1v) is 25.2. The van der Waals surface area contributed by atoms with Gasteiger partial charge >= 0.3 is 7.82 Å². The van der Waals surface area contributed by atoms with Gasteiger partial charge in [0.2, 0.25) is 47.1 Å². The van der Waals surface area contributed by atoms with Crippen LogP contribution in [0.15, 0.2) is 35.9 Å². The van der Waals surface area contributed by atoms with Gasteiger partial charge < -0.3 is 60.9 Å². The topological polar surface area (TPSA) is 315 Å². The van der Waals surface area contributed by atoms with Crippen LogP contribution < -0.4 is 31.7 Å². The number of nitrogens with one attached hydrogen (secondary N) is 4. The number of benzene rings is 1. The monoisotopic (exact) mass is 1060 g/mol. The summed E-state index contributed by atoms with van der Waals surface area (Å²) in [6.45, 7) is 5.66. The molecule has 1 fully saturated rings. The number of ether oxygens (including phenoxy) is 1. The third-order valence-electron chi connectivity index (χ3n) is 11.1. The molecule has 4 rings (SSSR count). The number of phosphoric acid groups is 1. The first-order chi connectivity index (χ1) is 34.0. The number of aryl methyl sites for hydroxylation is 1. The molecule has 28 heteroatoms. The summed E-state index contributed by atoms with van der Waals surface area (Å²) >= 11 is 1.15. The number of primary amides is 1. The number of imidazole rings is 1. The number of nitrogens with two attached hydrogens (primary N) is 1. The first kappa shape index (κ1) is 58.6. The zero-order chi connectivity index (χ0) is 53.3. The van der Waals surface area contributed by atoms with E-state index in [1.807, 2.05) is 13.8 Å². The Kier molecular flexibility index (Phi) is 22.6. The Bertz CT molecular complexity index is 2410. The summed E-state index contributed by atoms with van der Waals surface area (Å²) < 4.78 is 77.4. The predicted octanol–water partition coefficient (Wildman–Crippen LogP) is 2.21. The quantitative estimate of drug-likeness (QED) is 0.0124. The van der Waals surface area contributed by atoms with E-state index in [0.29, 0.717) is 67.1 Å². The van der Waals surface area contributed by atoms with Crippen LogP contribution in [0.25, 0.3) is 0 Å². The van der Waals surface area contributed by atoms with E-state index in [1.165, 1.54) is 30.6 Å². The summed E-state index contributed by atoms with van der Waals surface area (Å²) in [5.74, 6) is -12.8. The lowest BCUT2D eigenvalue weighted by Gasteiger charge is -2.28. The molecule has 0 unspecified atom stereocenters. The third kappa shape index (κ3) is 17.9. The maximum Gasteiger partial charge on any atom is 0.469 e. The van der Waals surface area contributed by atoms with Crippen molar-refractivity contribution in [1.82, 2.24) is 35.7 Å². The zero-order valence-corrected chi connectivity index (χ0v) is 41.6. The molecule has 0 bridgehead atoms. The van der Waals surface area contributed by atoms with Crippen molar-refractivity contribution in [3.05, 3.63) is 69.4 Å². The Morgan fingerprint density at radius 3 is 2.24 bits per heavy atom. The van der Waals surface area contributed by atoms with E-state index < -0.39 is 109 Å². The molecule has 6 atom stereocenters. The summed E-state index contributed by atoms with van der Waals surface area (Å²) in [4.78, 5) is 110. The lowest BCUT2D eigenvalue weighted by atomic mass is 10.0. The molecule has 1 aromatic carbocycles. The third-order valence-corrected chi connectivity index (χ3v) is 12.7. The SMILES string of the molecule is CC(=O)N1CCC[C@H]1C(=O)N[C@@H](CC(C)C)C(=O)N[C@@H](Cc1cncn1CCCCCCO/N=C/c1ccc(COc2c(F)c(F)cc(F)c2F)s1)C(=O)N[C@@H](CO)C(=O)N[C@H](C(N)=O)[C@@H](C)OP(=O)(O)O. The van der Waals surface area contributed by atoms with Crippen molar-refractivity contribution in [2.75, 3.05) is 19.8 Å². The number of hydrogen-bond acceptors (Lipinski definition) is 14. The number of amides is 6. The Balaban J connectivity index is 1.37. The minimum absolute atomic E-state index is 0.0879. The summed E-state index contributed by atoms with van der Waals surface area (Å²) in [6, 6.07) is -3.76. The molecule has 2 aromatic heterocycles. The van der Waals surface area contributed by atoms with Crippen molar-refractivity contribution < 1.29 is 79.9 Å². The number of halogens is 4. The molecule has 3 aromatic rings. The van der Waals surface area contributed by atoms with E-state index in [9.17, 15) is 65.8 Å². The fourth-order valence-electron chi connectivity index (χ4n) is 7.52. The van der Waals surface area contributed by atoms with Gasteiger partial charge in [0, 0.05) is 54.1 Å². The second-order valence-electron chi connectivity index (χ2n) is 17.2. The summed E-state index contributed by atoms with van der Waals surface area (Å²) in [5, 5.41) is 23.9. The average molecular weight is 1060 g/mol. The standard InChI is InChI=1S/C44H60F4N9O13PS/c1-24(2)16-32(53-44(64)35-10-9-14-57(35)26(4)59)41(61)52-33(42(62)54-34(21-58)43(63)55-38(40(49)60)25(3)70-71(65,66)67)17-27-19-50-23-56(27)13-7-5-6-8-15-69-51-20-28-11-12-29(72-28)22-68-39-36(47)30(45)18-31(46)37(39)48/h11-12,18-20,23-25,32-35,38,58H,5-10,13-17,21-22H2,1-4H3,(H2,49,60)(H,52,61)(H,53,64)(H,54,62)(H,55,63)(H2,65,66,67)/b51-20+/t25-,32+,33+,34+,35+,38+/m1/s1. The second-order valence-corrected chi connectivity index (χ2v) is 19.6. The molecule has 1 aliphatic heterocycles. The maximum absolute atomic E-state index is 14.1. The van der Waals surface area contributed by atoms with E-state index in [0.717, 1.165) is 18.3 Å². The number of oxime groups is 1. The van der Waals surface area contributed by atoms with E-state index in [2.05, 4.69) is 35.9 Å². The summed E-state index contributed by atoms with van der Waals surface area (Å²) in [7, 11) is -5.16. The predicted molar refractivity (Wildman–Crippen MR) is 249 cm³/mol. The minimum atomic E-state index is -5.16. The molecule has 6 amide bonds. The molecule has 3 heterocycles. The number of carbonyl (C=O) groups excluding carboxylic acids is 6. The number of aliphatic hydroxyl groups is 1. The fourth-order valence-corrected chi connectivity index (χ4v) is 8.87. The highest BCUT2D eigenvalue weighted by Gasteiger charge is 2.37. The Morgan fingerprint density at radius 1 is 0.944 bits per heavy atom. The number of likely N-dealkylation sites (tertiary alicyclic amines) is 1. The number of aliphatic hydroxyl groups excluding tert-OH is 1. The highest BCUT2D eigenvalue weighted by molar-refractivity contribution is 7.46. The molecule has 398 valence electrons. The van der Waals surface area contributed by atoms with Crippen LogP contribution in [0.4, 0.5) is 17.6 Å². The number of nitrogens with zero attached hydrogens (tertiary/aromatic N) is 4. The van der Waals surface area contributed by atoms with Crippen molar-refractivity contribution in [2.24, 2.45) is 16.8 Å². The van der Waals surface area contributed by atoms with Gasteiger partial charge in [-0.2, -0.15) is 8.78 Å². The van der Waals surface area contributed by atoms with Crippen LogP contribution in [-0.4, -0.2) is 127 Å². The van der Waals surface area contributed by atoms with Gasteiger partial charge in [0.25, 0.3) is 0 Å². The van der Waals surface area contributed by atoms with Gasteiger partial charge in [0.05, 0.1) is 25.3 Å². The molecule has 1 saturated heterocycles. The number of carbonyl (C=O) groups is 6. The number of aromatic nitrogens is 2. The smallest absolute Gasteiger partial charge is 0.469 e. The minimum Gasteiger partial charge on any atom is -0.482 e. The molecular weight excluding hydrogens is 1000 g/mol. The van der Waals surface area contributed by atoms with Gasteiger partial charge in [-0.25, -0.2) is 18.3 Å². The van der Waals surface area contributed by atoms with Gasteiger partial charge in [0.1, 0.15) is 43.4 Å². The number of hydrogen-bond donors (Lipinski definition) is 8. The molecule has 0 radical (unpaired) electrons. The maximum atomic E-state index is 14.1. The zero-order valence-electron chi connectivity index (χ0n) is 39.9. The number of rotatable bonds is 29. The molecule has 1 aliphatic rings. The van der Waals surface area contributed by atoms with Crippen LogP contribution in [-0.2, 0) is 62.3 Å². The van der Waals surface area contributed by atoms with Crippen LogP contribution in [0.5, 0.6) is 5.75 Å². The Labute approximate surface area is 415 Å². The lowest BCUT2D eigenvalue weighted by Crippen LogP contribution is -2.61. The van der Waals surface area contributed by atoms with Crippen LogP contribution >= 0.6 is 19.2 Å². The van der Waals surface area contributed by atoms with Crippen LogP contribution in [0.2, 0.25) is 0 Å². The highest BCUT2D eigenvalue weighted by Crippen LogP contribution is 2.38. The molecule has 72 heavy (non-hydrogen) atoms. The van der Waals surface area contributed by atoms with E-state index in [-0.39, 0.29) is 43.9 Å². The number of unbranched alkanes of at least 4 members (excludes halogenated alkanes) is 3. The Hall–Kier alpha value is -5.99. The number of thiophene rings is 1. The second kappa shape index (κ2) is 27.7. The molecule has 0 saturated carbocycles. The molecule has 9 N–H and O–H groups in total. The molecule has 22 nitrogen and oxygen atoms in total. The molecule has 0 spiro atoms. The fraction of sp³-hybridized carbons (Fsp3) is 0.545. The van der Waals surface area contributed by atoms with Gasteiger partial charge in [-0.3, -0.25) is 33.3 Å². The van der Waals surface area contributed by atoms with Crippen molar-refractivity contribution in [3.63, 3.8) is 0 Å². The van der Waals surface area contributed by atoms with Crippen LogP contribution in [0.1, 0.15) is 88.1 Å². The van der Waals surface area contributed by atoms with Gasteiger partial charge in [-0.1, -0.05) is 25.4 Å². The van der Waals surface area contributed by atoms with Crippen molar-refractivity contribution >= 4 is 60.8 Å². The van der Waals surface area contributed by atoms with Crippen molar-refractivity contribution in [2.45, 2.75) is 129 Å². The highest BCUT2D eigenvalue weighted by atomic mass is 32.1. The average Bonchev–Trinajstić information content (AvgIpc) is 4.09. The van der Waals surface area contributed by atoms with Crippen molar-refractivity contribution in [3.8, 4) is 5.75 Å². The van der Waals surface area contributed by atoms with Gasteiger partial charge in [0.15, 0.2) is 17.4 Å². The Morgan fingerprint density at radius 2 is 1.60 bits per heavy atom. The first-order valence-electron chi connectivity index (χ1n) is 22.8. The lowest BCUT2D eigenvalue weighted by molar-refractivity contribution is -0.139. The molecular formula is C44H60F4N9O13PS. The van der Waals surface area contributed by atoms with E-state index in [4.69, 9.17) is 15.3 Å². The summed E-state index contributed by atoms with van der Waals surface area (Å²) in [5.41, 5.74) is 5.81. The van der Waals surface area contributed by atoms with Gasteiger partial charge in [-0.05, 0) is 63.5 Å². The van der Waals surface area contributed by atoms with Crippen LogP contribution in [0, 0.1) is 29.2 Å². The summed E-state index contributed by atoms with van der Waals surface area (Å²) in [6.07, 6.45) is 6.30. The largest absolute Gasteiger partial charge is 0.482 e. The van der Waals surface area contributed by atoms with E-state index >= 15 is 0 Å². The van der Waals surface area contributed by atoms with Crippen molar-refractivity contribution in [1.29, 1.82) is 0 Å². The van der Waals surface area contributed by atoms with Gasteiger partial charge in [-0.15, -0.1) is 11.3 Å². The van der Waals surface area contributed by atoms with E-state index in [1.54, 1.807) is 16.7 Å². The molecule has 0 aliphatic carbocycles. The van der Waals surface area contributed by atoms with Crippen LogP contribution in [0.3, 0.4) is 0 Å².